The van der Waals surface area contributed by atoms with Crippen LogP contribution >= 0.6 is 11.6 Å². The number of carbonyl (C=O) groups is 2. The third kappa shape index (κ3) is 2.23. The minimum Gasteiger partial charge on any atom is -0.390 e. The van der Waals surface area contributed by atoms with Crippen LogP contribution in [0.1, 0.15) is 46.5 Å². The Labute approximate surface area is 164 Å². The molecule has 5 heteroatoms. The van der Waals surface area contributed by atoms with Crippen molar-refractivity contribution in [3.63, 3.8) is 0 Å². The SMILES string of the molecule is CC1=C(C(=O)CCl)[C@@]2(C)C[C@H](O)C3(F)[C@@H](CCC4=CC(=O)C=C[C@@]43C)[C@@H]2C1. The lowest BCUT2D eigenvalue weighted by Crippen LogP contribution is -2.66. The van der Waals surface area contributed by atoms with Crippen LogP contribution in [0.25, 0.3) is 0 Å². The maximum absolute atomic E-state index is 16.8. The van der Waals surface area contributed by atoms with Crippen molar-refractivity contribution in [2.45, 2.75) is 58.2 Å². The molecule has 0 radical (unpaired) electrons. The number of allylic oxidation sites excluding steroid dienone is 6. The normalized spacial score (nSPS) is 45.9. The van der Waals surface area contributed by atoms with Gasteiger partial charge in [-0.15, -0.1) is 11.6 Å². The zero-order valence-corrected chi connectivity index (χ0v) is 16.8. The Morgan fingerprint density at radius 1 is 1.37 bits per heavy atom. The molecule has 0 aromatic rings. The molecule has 0 saturated heterocycles. The van der Waals surface area contributed by atoms with Gasteiger partial charge >= 0.3 is 0 Å². The van der Waals surface area contributed by atoms with Gasteiger partial charge in [-0.2, -0.15) is 0 Å². The number of hydrogen-bond donors (Lipinski definition) is 1. The molecule has 0 aromatic carbocycles. The van der Waals surface area contributed by atoms with E-state index in [1.165, 1.54) is 6.08 Å². The standard InChI is InChI=1S/C22H26ClFO3/c1-12-8-16-15-5-4-13-9-14(25)6-7-21(13,3)22(15,24)18(27)10-20(16,2)19(12)17(26)11-23/h6-7,9,15-16,18,27H,4-5,8,10-11H2,1-3H3/t15-,16-,18-,20-,21-,22?/m0/s1. The van der Waals surface area contributed by atoms with E-state index in [-0.39, 0.29) is 35.7 Å². The zero-order chi connectivity index (χ0) is 19.8. The van der Waals surface area contributed by atoms with E-state index in [1.807, 2.05) is 13.8 Å². The Morgan fingerprint density at radius 3 is 2.74 bits per heavy atom. The molecule has 0 heterocycles. The molecule has 3 nitrogen and oxygen atoms in total. The summed E-state index contributed by atoms with van der Waals surface area (Å²) < 4.78 is 16.8. The molecule has 2 fully saturated rings. The summed E-state index contributed by atoms with van der Waals surface area (Å²) in [5, 5.41) is 11.1. The van der Waals surface area contributed by atoms with Gasteiger partial charge in [-0.3, -0.25) is 9.59 Å². The van der Waals surface area contributed by atoms with Crippen molar-refractivity contribution in [2.75, 3.05) is 5.88 Å². The first-order valence-electron chi connectivity index (χ1n) is 9.70. The Hall–Kier alpha value is -1.26. The van der Waals surface area contributed by atoms with Crippen LogP contribution in [0.3, 0.4) is 0 Å². The molecule has 4 aliphatic carbocycles. The zero-order valence-electron chi connectivity index (χ0n) is 16.0. The summed E-state index contributed by atoms with van der Waals surface area (Å²) in [5.74, 6) is -0.734. The van der Waals surface area contributed by atoms with Gasteiger partial charge in [0.2, 0.25) is 0 Å². The smallest absolute Gasteiger partial charge is 0.178 e. The lowest BCUT2D eigenvalue weighted by atomic mass is 9.45. The number of Topliss-reactive ketones (excluding diaryl/α,β-unsaturated/α-hetero) is 1. The van der Waals surface area contributed by atoms with Gasteiger partial charge in [0, 0.05) is 22.3 Å². The maximum atomic E-state index is 16.8. The van der Waals surface area contributed by atoms with Gasteiger partial charge in [0.15, 0.2) is 17.2 Å². The topological polar surface area (TPSA) is 54.4 Å². The molecule has 146 valence electrons. The highest BCUT2D eigenvalue weighted by Crippen LogP contribution is 2.68. The Kier molecular flexibility index (Phi) is 4.15. The number of ketones is 2. The Morgan fingerprint density at radius 2 is 2.07 bits per heavy atom. The maximum Gasteiger partial charge on any atom is 0.178 e. The Bertz CT molecular complexity index is 827. The van der Waals surface area contributed by atoms with Gasteiger partial charge in [0.05, 0.1) is 12.0 Å². The molecular weight excluding hydrogens is 367 g/mol. The van der Waals surface area contributed by atoms with E-state index in [4.69, 9.17) is 11.6 Å². The van der Waals surface area contributed by atoms with Gasteiger partial charge < -0.3 is 5.11 Å². The number of aliphatic hydroxyl groups is 1. The molecular formula is C22H26ClFO3. The van der Waals surface area contributed by atoms with Crippen LogP contribution in [0, 0.1) is 22.7 Å². The molecule has 6 atom stereocenters. The largest absolute Gasteiger partial charge is 0.390 e. The van der Waals surface area contributed by atoms with Gasteiger partial charge in [-0.1, -0.05) is 24.1 Å². The number of carbonyl (C=O) groups excluding carboxylic acids is 2. The van der Waals surface area contributed by atoms with Gasteiger partial charge in [0.25, 0.3) is 0 Å². The van der Waals surface area contributed by atoms with Crippen molar-refractivity contribution >= 4 is 23.2 Å². The number of alkyl halides is 2. The first-order chi connectivity index (χ1) is 12.6. The predicted octanol–water partition coefficient (Wildman–Crippen LogP) is 4.09. The highest BCUT2D eigenvalue weighted by atomic mass is 35.5. The lowest BCUT2D eigenvalue weighted by molar-refractivity contribution is -0.185. The third-order valence-corrected chi connectivity index (χ3v) is 8.20. The van der Waals surface area contributed by atoms with Gasteiger partial charge in [-0.25, -0.2) is 4.39 Å². The summed E-state index contributed by atoms with van der Waals surface area (Å²) >= 11 is 5.85. The molecule has 2 saturated carbocycles. The quantitative estimate of drug-likeness (QED) is 0.720. The second-order valence-electron chi connectivity index (χ2n) is 9.18. The summed E-state index contributed by atoms with van der Waals surface area (Å²) in [6, 6.07) is 0. The van der Waals surface area contributed by atoms with Crippen LogP contribution in [-0.4, -0.2) is 34.3 Å². The monoisotopic (exact) mass is 392 g/mol. The third-order valence-electron chi connectivity index (χ3n) is 7.96. The number of hydrogen-bond acceptors (Lipinski definition) is 3. The molecule has 0 aliphatic heterocycles. The second-order valence-corrected chi connectivity index (χ2v) is 9.45. The van der Waals surface area contributed by atoms with Crippen LogP contribution in [0.15, 0.2) is 34.9 Å². The molecule has 4 rings (SSSR count). The summed E-state index contributed by atoms with van der Waals surface area (Å²) in [4.78, 5) is 24.4. The molecule has 27 heavy (non-hydrogen) atoms. The molecule has 1 N–H and O–H groups in total. The molecule has 0 aromatic heterocycles. The Balaban J connectivity index is 1.82. The van der Waals surface area contributed by atoms with E-state index < -0.39 is 22.6 Å². The molecule has 0 bridgehead atoms. The highest BCUT2D eigenvalue weighted by molar-refractivity contribution is 6.30. The highest BCUT2D eigenvalue weighted by Gasteiger charge is 2.70. The van der Waals surface area contributed by atoms with Crippen LogP contribution in [-0.2, 0) is 9.59 Å². The van der Waals surface area contributed by atoms with Crippen LogP contribution in [0.5, 0.6) is 0 Å². The van der Waals surface area contributed by atoms with Crippen molar-refractivity contribution in [1.82, 2.24) is 0 Å². The average molecular weight is 393 g/mol. The molecule has 4 aliphatic rings. The summed E-state index contributed by atoms with van der Waals surface area (Å²) in [7, 11) is 0. The first kappa shape index (κ1) is 19.1. The fraction of sp³-hybridized carbons (Fsp3) is 0.636. The minimum atomic E-state index is -1.85. The van der Waals surface area contributed by atoms with Crippen LogP contribution in [0.2, 0.25) is 0 Å². The predicted molar refractivity (Wildman–Crippen MR) is 102 cm³/mol. The number of halogens is 2. The molecule has 0 spiro atoms. The summed E-state index contributed by atoms with van der Waals surface area (Å²) in [5.41, 5.74) is -0.941. The van der Waals surface area contributed by atoms with E-state index in [1.54, 1.807) is 19.1 Å². The van der Waals surface area contributed by atoms with Crippen LogP contribution in [0.4, 0.5) is 4.39 Å². The van der Waals surface area contributed by atoms with Crippen molar-refractivity contribution in [1.29, 1.82) is 0 Å². The first-order valence-corrected chi connectivity index (χ1v) is 10.2. The van der Waals surface area contributed by atoms with E-state index in [2.05, 4.69) is 0 Å². The summed E-state index contributed by atoms with van der Waals surface area (Å²) in [6.07, 6.45) is 5.49. The fourth-order valence-electron chi connectivity index (χ4n) is 6.77. The summed E-state index contributed by atoms with van der Waals surface area (Å²) in [6.45, 7) is 5.73. The van der Waals surface area contributed by atoms with E-state index in [0.717, 1.165) is 11.1 Å². The van der Waals surface area contributed by atoms with Crippen LogP contribution < -0.4 is 0 Å². The fourth-order valence-corrected chi connectivity index (χ4v) is 6.90. The van der Waals surface area contributed by atoms with Gasteiger partial charge in [-0.05, 0) is 57.6 Å². The minimum absolute atomic E-state index is 0.0440. The van der Waals surface area contributed by atoms with E-state index >= 15 is 4.39 Å². The average Bonchev–Trinajstić information content (AvgIpc) is 2.86. The number of fused-ring (bicyclic) bond motifs is 5. The molecule has 0 amide bonds. The van der Waals surface area contributed by atoms with Crippen molar-refractivity contribution in [3.05, 3.63) is 34.9 Å². The van der Waals surface area contributed by atoms with E-state index in [9.17, 15) is 14.7 Å². The molecule has 1 unspecified atom stereocenters. The lowest BCUT2D eigenvalue weighted by Gasteiger charge is -2.61. The number of rotatable bonds is 2. The van der Waals surface area contributed by atoms with Crippen molar-refractivity contribution in [3.8, 4) is 0 Å². The van der Waals surface area contributed by atoms with Gasteiger partial charge in [0.1, 0.15) is 0 Å². The van der Waals surface area contributed by atoms with E-state index in [0.29, 0.717) is 24.8 Å². The number of aliphatic hydroxyl groups excluding tert-OH is 1. The second kappa shape index (κ2) is 5.87. The van der Waals surface area contributed by atoms with Crippen molar-refractivity contribution in [2.24, 2.45) is 22.7 Å². The van der Waals surface area contributed by atoms with Crippen molar-refractivity contribution < 1.29 is 19.1 Å².